The number of piperidine rings is 3. The van der Waals surface area contributed by atoms with Crippen LogP contribution in [-0.2, 0) is 0 Å². The number of likely N-dealkylation sites (N-methyl/N-ethyl adjacent to an activating group) is 1. The van der Waals surface area contributed by atoms with Crippen LogP contribution in [0, 0.1) is 5.92 Å². The minimum absolute atomic E-state index is 0.219. The second-order valence-corrected chi connectivity index (χ2v) is 8.52. The molecule has 1 unspecified atom stereocenters. The molecule has 0 radical (unpaired) electrons. The molecule has 4 heterocycles. The summed E-state index contributed by atoms with van der Waals surface area (Å²) in [6, 6.07) is 10.8. The maximum Gasteiger partial charge on any atom is 0.264 e. The van der Waals surface area contributed by atoms with Crippen LogP contribution in [0.4, 0.5) is 0 Å². The van der Waals surface area contributed by atoms with Crippen molar-refractivity contribution in [2.45, 2.75) is 37.3 Å². The molecule has 1 aromatic carbocycles. The third kappa shape index (κ3) is 1.94. The van der Waals surface area contributed by atoms with Crippen LogP contribution in [0.2, 0.25) is 0 Å². The quantitative estimate of drug-likeness (QED) is 0.842. The number of hydrogen-bond acceptors (Lipinski definition) is 3. The molecular weight excluding hydrogens is 304 g/mol. The van der Waals surface area contributed by atoms with E-state index in [0.717, 1.165) is 4.88 Å². The Morgan fingerprint density at radius 1 is 1.26 bits per heavy atom. The maximum absolute atomic E-state index is 13.1. The van der Waals surface area contributed by atoms with Gasteiger partial charge in [-0.25, -0.2) is 0 Å². The van der Waals surface area contributed by atoms with Gasteiger partial charge >= 0.3 is 0 Å². The predicted octanol–water partition coefficient (Wildman–Crippen LogP) is 3.60. The molecule has 3 aliphatic heterocycles. The van der Waals surface area contributed by atoms with Crippen molar-refractivity contribution >= 4 is 27.3 Å². The summed E-state index contributed by atoms with van der Waals surface area (Å²) in [7, 11) is 2.04. The SMILES string of the molecule is CN(C(=O)c1cc2ccccc2s1)C1C2CCN(CC2)C12CC2. The maximum atomic E-state index is 13.1. The van der Waals surface area contributed by atoms with Crippen LogP contribution in [0.5, 0.6) is 0 Å². The first kappa shape index (κ1) is 14.0. The van der Waals surface area contributed by atoms with Crippen molar-refractivity contribution in [2.24, 2.45) is 5.92 Å². The summed E-state index contributed by atoms with van der Waals surface area (Å²) in [5.41, 5.74) is 0.322. The summed E-state index contributed by atoms with van der Waals surface area (Å²) < 4.78 is 1.21. The van der Waals surface area contributed by atoms with Crippen molar-refractivity contribution in [3.8, 4) is 0 Å². The highest BCUT2D eigenvalue weighted by Gasteiger charge is 2.62. The highest BCUT2D eigenvalue weighted by atomic mass is 32.1. The van der Waals surface area contributed by atoms with Gasteiger partial charge in [0.25, 0.3) is 5.91 Å². The number of carbonyl (C=O) groups excluding carboxylic acids is 1. The summed E-state index contributed by atoms with van der Waals surface area (Å²) >= 11 is 1.63. The number of fused-ring (bicyclic) bond motifs is 3. The molecule has 120 valence electrons. The van der Waals surface area contributed by atoms with Gasteiger partial charge in [0.05, 0.1) is 10.9 Å². The van der Waals surface area contributed by atoms with Crippen LogP contribution >= 0.6 is 11.3 Å². The highest BCUT2D eigenvalue weighted by molar-refractivity contribution is 7.20. The van der Waals surface area contributed by atoms with E-state index in [1.807, 2.05) is 19.2 Å². The molecule has 4 heteroatoms. The zero-order chi connectivity index (χ0) is 15.6. The van der Waals surface area contributed by atoms with Gasteiger partial charge in [-0.1, -0.05) is 18.2 Å². The monoisotopic (exact) mass is 326 g/mol. The number of rotatable bonds is 2. The second kappa shape index (κ2) is 4.81. The molecule has 2 aromatic rings. The lowest BCUT2D eigenvalue weighted by molar-refractivity contribution is -0.0415. The molecule has 0 N–H and O–H groups in total. The van der Waals surface area contributed by atoms with Gasteiger partial charge in [0, 0.05) is 17.3 Å². The summed E-state index contributed by atoms with van der Waals surface area (Å²) in [5, 5.41) is 1.18. The van der Waals surface area contributed by atoms with Crippen molar-refractivity contribution in [1.82, 2.24) is 9.80 Å². The second-order valence-electron chi connectivity index (χ2n) is 7.44. The Kier molecular flexibility index (Phi) is 2.92. The van der Waals surface area contributed by atoms with E-state index in [1.165, 1.54) is 48.9 Å². The van der Waals surface area contributed by atoms with Gasteiger partial charge in [-0.2, -0.15) is 0 Å². The van der Waals surface area contributed by atoms with Gasteiger partial charge in [-0.05, 0) is 62.2 Å². The summed E-state index contributed by atoms with van der Waals surface area (Å²) in [6.45, 7) is 2.48. The van der Waals surface area contributed by atoms with Crippen molar-refractivity contribution in [3.63, 3.8) is 0 Å². The fourth-order valence-corrected chi connectivity index (χ4v) is 6.14. The Labute approximate surface area is 140 Å². The Hall–Kier alpha value is -1.39. The van der Waals surface area contributed by atoms with E-state index < -0.39 is 0 Å². The molecule has 1 aromatic heterocycles. The number of amides is 1. The van der Waals surface area contributed by atoms with E-state index in [-0.39, 0.29) is 5.91 Å². The van der Waals surface area contributed by atoms with E-state index >= 15 is 0 Å². The van der Waals surface area contributed by atoms with E-state index in [4.69, 9.17) is 0 Å². The van der Waals surface area contributed by atoms with Gasteiger partial charge in [-0.3, -0.25) is 9.69 Å². The van der Waals surface area contributed by atoms with E-state index in [9.17, 15) is 4.79 Å². The van der Waals surface area contributed by atoms with Gasteiger partial charge in [0.2, 0.25) is 0 Å². The molecule has 1 aliphatic carbocycles. The molecule has 1 atom stereocenters. The fourth-order valence-electron chi connectivity index (χ4n) is 5.09. The molecule has 3 saturated heterocycles. The zero-order valence-electron chi connectivity index (χ0n) is 13.5. The normalized spacial score (nSPS) is 30.7. The topological polar surface area (TPSA) is 23.6 Å². The minimum atomic E-state index is 0.219. The van der Waals surface area contributed by atoms with E-state index in [2.05, 4.69) is 28.0 Å². The first-order valence-electron chi connectivity index (χ1n) is 8.70. The van der Waals surface area contributed by atoms with Gasteiger partial charge < -0.3 is 4.90 Å². The molecule has 23 heavy (non-hydrogen) atoms. The van der Waals surface area contributed by atoms with Gasteiger partial charge in [0.1, 0.15) is 0 Å². The molecule has 1 saturated carbocycles. The van der Waals surface area contributed by atoms with E-state index in [0.29, 0.717) is 17.5 Å². The van der Waals surface area contributed by atoms with Crippen LogP contribution in [0.15, 0.2) is 30.3 Å². The summed E-state index contributed by atoms with van der Waals surface area (Å²) in [4.78, 5) is 18.8. The smallest absolute Gasteiger partial charge is 0.264 e. The average molecular weight is 326 g/mol. The Bertz CT molecular complexity index is 738. The Morgan fingerprint density at radius 2 is 2.00 bits per heavy atom. The molecule has 4 aliphatic rings. The lowest BCUT2D eigenvalue weighted by atomic mass is 9.76. The number of carbonyl (C=O) groups is 1. The lowest BCUT2D eigenvalue weighted by Crippen LogP contribution is -2.65. The van der Waals surface area contributed by atoms with Crippen LogP contribution in [0.1, 0.15) is 35.4 Å². The van der Waals surface area contributed by atoms with Crippen molar-refractivity contribution in [1.29, 1.82) is 0 Å². The fraction of sp³-hybridized carbons (Fsp3) is 0.526. The third-order valence-electron chi connectivity index (χ3n) is 6.30. The lowest BCUT2D eigenvalue weighted by Gasteiger charge is -2.54. The van der Waals surface area contributed by atoms with Gasteiger partial charge in [-0.15, -0.1) is 11.3 Å². The van der Waals surface area contributed by atoms with Crippen molar-refractivity contribution < 1.29 is 4.79 Å². The Morgan fingerprint density at radius 3 is 2.70 bits per heavy atom. The average Bonchev–Trinajstić information content (AvgIpc) is 3.23. The van der Waals surface area contributed by atoms with Gasteiger partial charge in [0.15, 0.2) is 0 Å². The molecule has 1 spiro atoms. The predicted molar refractivity (Wildman–Crippen MR) is 94.0 cm³/mol. The number of hydrogen-bond donors (Lipinski definition) is 0. The first-order valence-corrected chi connectivity index (χ1v) is 9.51. The Balaban J connectivity index is 1.47. The van der Waals surface area contributed by atoms with Crippen LogP contribution in [0.25, 0.3) is 10.1 Å². The summed E-state index contributed by atoms with van der Waals surface area (Å²) in [6.07, 6.45) is 5.07. The molecule has 6 rings (SSSR count). The van der Waals surface area contributed by atoms with Crippen LogP contribution in [0.3, 0.4) is 0 Å². The zero-order valence-corrected chi connectivity index (χ0v) is 14.3. The molecular formula is C19H22N2OS. The largest absolute Gasteiger partial charge is 0.336 e. The summed E-state index contributed by atoms with van der Waals surface area (Å²) in [5.74, 6) is 0.919. The number of thiophene rings is 1. The standard InChI is InChI=1S/C19H22N2OS/c1-20(17-13-6-10-21(11-7-13)19(17)8-9-19)18(22)16-12-14-4-2-3-5-15(14)23-16/h2-5,12-13,17H,6-11H2,1H3. The molecule has 3 nitrogen and oxygen atoms in total. The van der Waals surface area contributed by atoms with E-state index in [1.54, 1.807) is 11.3 Å². The number of benzene rings is 1. The minimum Gasteiger partial charge on any atom is -0.336 e. The van der Waals surface area contributed by atoms with Crippen LogP contribution < -0.4 is 0 Å². The van der Waals surface area contributed by atoms with Crippen molar-refractivity contribution in [3.05, 3.63) is 35.2 Å². The van der Waals surface area contributed by atoms with Crippen molar-refractivity contribution in [2.75, 3.05) is 20.1 Å². The highest BCUT2D eigenvalue weighted by Crippen LogP contribution is 2.55. The van der Waals surface area contributed by atoms with Crippen LogP contribution in [-0.4, -0.2) is 47.4 Å². The third-order valence-corrected chi connectivity index (χ3v) is 7.41. The molecule has 4 fully saturated rings. The molecule has 1 amide bonds. The first-order chi connectivity index (χ1) is 11.2. The number of nitrogens with zero attached hydrogens (tertiary/aromatic N) is 2. The molecule has 2 bridgehead atoms.